The maximum absolute atomic E-state index is 2.80. The zero-order valence-corrected chi connectivity index (χ0v) is 23.9. The van der Waals surface area contributed by atoms with Crippen molar-refractivity contribution in [1.29, 1.82) is 0 Å². The van der Waals surface area contributed by atoms with Gasteiger partial charge in [0.1, 0.15) is 0 Å². The number of hydrogen-bond acceptors (Lipinski definition) is 0. The Morgan fingerprint density at radius 2 is 1.36 bits per heavy atom. The van der Waals surface area contributed by atoms with Crippen molar-refractivity contribution < 1.29 is 0 Å². The average molecular weight is 511 g/mol. The standard InChI is InChI=1S/C14H22P.3C4H9.Sn/c1-4-5-6-7-8-13-10-15-9-12(2)14(13,3)11-15;3*1-3-4-2;/h9H,4-8,11H2,1-3H3;3*1,3-4H2,2H3;. The van der Waals surface area contributed by atoms with E-state index in [1.807, 2.05) is 5.57 Å². The van der Waals surface area contributed by atoms with E-state index >= 15 is 0 Å². The number of unbranched alkanes of at least 4 members (excludes halogenated alkanes) is 6. The van der Waals surface area contributed by atoms with Crippen LogP contribution in [0, 0.1) is 5.41 Å². The molecule has 0 saturated heterocycles. The molecule has 2 bridgehead atoms. The molecule has 0 aliphatic carbocycles. The van der Waals surface area contributed by atoms with Gasteiger partial charge in [-0.2, -0.15) is 0 Å². The fraction of sp³-hybridized carbons (Fsp3) is 0.846. The van der Waals surface area contributed by atoms with Crippen molar-refractivity contribution in [1.82, 2.24) is 0 Å². The molecule has 2 aliphatic rings. The Bertz CT molecular complexity index is 525. The second kappa shape index (κ2) is 11.9. The summed E-state index contributed by atoms with van der Waals surface area (Å²) in [6.45, 7) is 14.7. The molecule has 162 valence electrons. The van der Waals surface area contributed by atoms with Crippen molar-refractivity contribution in [3.8, 4) is 0 Å². The predicted octanol–water partition coefficient (Wildman–Crippen LogP) is 10.0. The van der Waals surface area contributed by atoms with Crippen molar-refractivity contribution in [2.24, 2.45) is 5.41 Å². The number of hydrogen-bond donors (Lipinski definition) is 0. The molecule has 0 N–H and O–H groups in total. The molecule has 0 spiro atoms. The van der Waals surface area contributed by atoms with E-state index in [-0.39, 0.29) is 7.92 Å². The van der Waals surface area contributed by atoms with Crippen LogP contribution in [0.1, 0.15) is 112 Å². The Hall–Kier alpha value is 0.709. The SMILES string of the molecule is CCCCCCC1=[C]([Sn]([CH2]CCC)([CH2]CCC)[CH2]CCC)P2C=C(C)C1(C)C2. The molecule has 0 saturated carbocycles. The summed E-state index contributed by atoms with van der Waals surface area (Å²) in [5.74, 6) is 2.80. The number of rotatable bonds is 15. The molecule has 2 heteroatoms. The zero-order chi connectivity index (χ0) is 20.6. The van der Waals surface area contributed by atoms with Crippen LogP contribution in [0.2, 0.25) is 13.3 Å². The van der Waals surface area contributed by atoms with Crippen molar-refractivity contribution in [2.75, 3.05) is 6.16 Å². The first-order valence-electron chi connectivity index (χ1n) is 12.7. The molecular formula is C26H49PSn. The van der Waals surface area contributed by atoms with Crippen molar-refractivity contribution >= 4 is 26.3 Å². The molecule has 0 aromatic rings. The number of allylic oxidation sites excluding steroid dienone is 2. The fourth-order valence-corrected chi connectivity index (χ4v) is 34.0. The first-order valence-corrected chi connectivity index (χ1v) is 21.8. The van der Waals surface area contributed by atoms with Crippen LogP contribution in [0.3, 0.4) is 0 Å². The van der Waals surface area contributed by atoms with Gasteiger partial charge in [-0.3, -0.25) is 0 Å². The molecule has 0 nitrogen and oxygen atoms in total. The molecule has 0 radical (unpaired) electrons. The van der Waals surface area contributed by atoms with Crippen molar-refractivity contribution in [2.45, 2.75) is 125 Å². The monoisotopic (exact) mass is 512 g/mol. The van der Waals surface area contributed by atoms with Crippen LogP contribution in [0.15, 0.2) is 20.3 Å². The van der Waals surface area contributed by atoms with Gasteiger partial charge in [-0.15, -0.1) is 0 Å². The van der Waals surface area contributed by atoms with Gasteiger partial charge in [0.05, 0.1) is 0 Å². The Morgan fingerprint density at radius 3 is 1.86 bits per heavy atom. The van der Waals surface area contributed by atoms with Crippen LogP contribution in [0.4, 0.5) is 0 Å². The van der Waals surface area contributed by atoms with Crippen LogP contribution in [-0.2, 0) is 0 Å². The van der Waals surface area contributed by atoms with Crippen molar-refractivity contribution in [3.05, 3.63) is 20.3 Å². The first kappa shape index (κ1) is 25.0. The third kappa shape index (κ3) is 5.49. The molecule has 2 aliphatic heterocycles. The summed E-state index contributed by atoms with van der Waals surface area (Å²) in [5, 5.41) is 0. The van der Waals surface area contributed by atoms with E-state index in [1.165, 1.54) is 76.8 Å². The predicted molar refractivity (Wildman–Crippen MR) is 134 cm³/mol. The van der Waals surface area contributed by atoms with E-state index in [1.54, 1.807) is 18.9 Å². The number of fused-ring (bicyclic) bond motifs is 2. The zero-order valence-electron chi connectivity index (χ0n) is 20.1. The topological polar surface area (TPSA) is 0 Å². The summed E-state index contributed by atoms with van der Waals surface area (Å²) >= 11 is -2.27. The third-order valence-corrected chi connectivity index (χ3v) is 30.9. The van der Waals surface area contributed by atoms with E-state index < -0.39 is 18.4 Å². The van der Waals surface area contributed by atoms with Gasteiger partial charge in [-0.1, -0.05) is 0 Å². The van der Waals surface area contributed by atoms with E-state index in [0.717, 1.165) is 0 Å². The fourth-order valence-electron chi connectivity index (χ4n) is 5.82. The summed E-state index contributed by atoms with van der Waals surface area (Å²) in [7, 11) is 0.0894. The van der Waals surface area contributed by atoms with Gasteiger partial charge in [-0.05, 0) is 0 Å². The summed E-state index contributed by atoms with van der Waals surface area (Å²) in [4.78, 5) is 0. The van der Waals surface area contributed by atoms with Gasteiger partial charge in [0.2, 0.25) is 0 Å². The maximum atomic E-state index is 2.80. The van der Waals surface area contributed by atoms with Crippen LogP contribution < -0.4 is 0 Å². The molecule has 2 atom stereocenters. The molecule has 0 amide bonds. The van der Waals surface area contributed by atoms with Gasteiger partial charge in [0, 0.05) is 0 Å². The third-order valence-electron chi connectivity index (χ3n) is 7.75. The van der Waals surface area contributed by atoms with E-state index in [2.05, 4.69) is 50.7 Å². The molecule has 0 aromatic heterocycles. The Labute approximate surface area is 183 Å². The summed E-state index contributed by atoms with van der Waals surface area (Å²) in [6.07, 6.45) is 17.4. The second-order valence-corrected chi connectivity index (χ2v) is 26.2. The Balaban J connectivity index is 2.42. The van der Waals surface area contributed by atoms with E-state index in [9.17, 15) is 0 Å². The van der Waals surface area contributed by atoms with Crippen LogP contribution in [0.25, 0.3) is 0 Å². The van der Waals surface area contributed by atoms with Gasteiger partial charge in [0.25, 0.3) is 0 Å². The van der Waals surface area contributed by atoms with Crippen LogP contribution in [-0.4, -0.2) is 24.5 Å². The molecule has 28 heavy (non-hydrogen) atoms. The van der Waals surface area contributed by atoms with Gasteiger partial charge in [-0.25, -0.2) is 0 Å². The molecule has 2 heterocycles. The van der Waals surface area contributed by atoms with Crippen LogP contribution >= 0.6 is 7.92 Å². The Morgan fingerprint density at radius 1 is 0.821 bits per heavy atom. The van der Waals surface area contributed by atoms with Gasteiger partial charge < -0.3 is 0 Å². The van der Waals surface area contributed by atoms with Crippen LogP contribution in [0.5, 0.6) is 0 Å². The summed E-state index contributed by atoms with van der Waals surface area (Å²) < 4.78 is 7.24. The normalized spacial score (nSPS) is 24.4. The quantitative estimate of drug-likeness (QED) is 0.117. The molecule has 2 unspecified atom stereocenters. The first-order chi connectivity index (χ1) is 13.5. The molecular weight excluding hydrogens is 462 g/mol. The average Bonchev–Trinajstić information content (AvgIpc) is 3.14. The minimum absolute atomic E-state index is 0.0894. The summed E-state index contributed by atoms with van der Waals surface area (Å²) in [5.41, 5.74) is 4.25. The second-order valence-electron chi connectivity index (χ2n) is 10.0. The molecule has 0 aromatic carbocycles. The van der Waals surface area contributed by atoms with Gasteiger partial charge >= 0.3 is 184 Å². The van der Waals surface area contributed by atoms with E-state index in [0.29, 0.717) is 5.41 Å². The van der Waals surface area contributed by atoms with Crippen molar-refractivity contribution in [3.63, 3.8) is 0 Å². The van der Waals surface area contributed by atoms with Gasteiger partial charge in [0.15, 0.2) is 0 Å². The summed E-state index contributed by atoms with van der Waals surface area (Å²) in [6, 6.07) is 0. The minimum atomic E-state index is -2.27. The van der Waals surface area contributed by atoms with E-state index in [4.69, 9.17) is 0 Å². The molecule has 2 rings (SSSR count). The Kier molecular flexibility index (Phi) is 10.6. The molecule has 0 fully saturated rings.